The molecule has 1 heterocycles. The van der Waals surface area contributed by atoms with Gasteiger partial charge in [0.1, 0.15) is 0 Å². The first kappa shape index (κ1) is 18.7. The molecule has 3 rings (SSSR count). The van der Waals surface area contributed by atoms with Gasteiger partial charge in [-0.1, -0.05) is 30.3 Å². The van der Waals surface area contributed by atoms with E-state index in [2.05, 4.69) is 5.32 Å². The lowest BCUT2D eigenvalue weighted by Gasteiger charge is -2.34. The standard InChI is InChI=1S/C20H23N3O4/c1-2-27-20(26)23-11-9-22(10-12-23)18(24)14-21-19(25)17-8-7-15-5-3-4-6-16(15)13-17/h3-8,13H,2,9-12,14H2,1H3,(H,21,25). The van der Waals surface area contributed by atoms with Crippen LogP contribution in [0.2, 0.25) is 0 Å². The molecule has 0 saturated carbocycles. The van der Waals surface area contributed by atoms with Gasteiger partial charge in [0.15, 0.2) is 0 Å². The van der Waals surface area contributed by atoms with Crippen LogP contribution in [-0.2, 0) is 9.53 Å². The molecular weight excluding hydrogens is 346 g/mol. The second-order valence-corrected chi connectivity index (χ2v) is 6.31. The number of carbonyl (C=O) groups excluding carboxylic acids is 3. The van der Waals surface area contributed by atoms with Crippen LogP contribution in [0.15, 0.2) is 42.5 Å². The van der Waals surface area contributed by atoms with E-state index in [9.17, 15) is 14.4 Å². The van der Waals surface area contributed by atoms with Crippen LogP contribution in [0, 0.1) is 0 Å². The van der Waals surface area contributed by atoms with Crippen LogP contribution in [0.1, 0.15) is 17.3 Å². The Morgan fingerprint density at radius 2 is 1.63 bits per heavy atom. The quantitative estimate of drug-likeness (QED) is 0.892. The summed E-state index contributed by atoms with van der Waals surface area (Å²) in [6.45, 7) is 3.76. The fraction of sp³-hybridized carbons (Fsp3) is 0.350. The number of hydrogen-bond donors (Lipinski definition) is 1. The first-order valence-corrected chi connectivity index (χ1v) is 9.05. The Morgan fingerprint density at radius 3 is 2.33 bits per heavy atom. The van der Waals surface area contributed by atoms with E-state index in [1.54, 1.807) is 22.8 Å². The van der Waals surface area contributed by atoms with Gasteiger partial charge in [0.25, 0.3) is 5.91 Å². The van der Waals surface area contributed by atoms with Crippen molar-refractivity contribution < 1.29 is 19.1 Å². The topological polar surface area (TPSA) is 79.0 Å². The molecule has 3 amide bonds. The smallest absolute Gasteiger partial charge is 0.409 e. The van der Waals surface area contributed by atoms with Crippen molar-refractivity contribution in [3.05, 3.63) is 48.0 Å². The van der Waals surface area contributed by atoms with E-state index in [0.29, 0.717) is 38.3 Å². The zero-order valence-electron chi connectivity index (χ0n) is 15.3. The summed E-state index contributed by atoms with van der Waals surface area (Å²) >= 11 is 0. The molecule has 7 heteroatoms. The highest BCUT2D eigenvalue weighted by molar-refractivity contribution is 6.00. The zero-order valence-corrected chi connectivity index (χ0v) is 15.3. The average Bonchev–Trinajstić information content (AvgIpc) is 2.71. The molecule has 1 N–H and O–H groups in total. The number of hydrogen-bond acceptors (Lipinski definition) is 4. The molecule has 0 bridgehead atoms. The maximum atomic E-state index is 12.3. The normalized spacial score (nSPS) is 14.1. The van der Waals surface area contributed by atoms with Crippen molar-refractivity contribution in [1.82, 2.24) is 15.1 Å². The highest BCUT2D eigenvalue weighted by atomic mass is 16.6. The second-order valence-electron chi connectivity index (χ2n) is 6.31. The molecule has 7 nitrogen and oxygen atoms in total. The Kier molecular flexibility index (Phi) is 5.90. The predicted molar refractivity (Wildman–Crippen MR) is 101 cm³/mol. The van der Waals surface area contributed by atoms with Crippen LogP contribution in [0.4, 0.5) is 4.79 Å². The summed E-state index contributed by atoms with van der Waals surface area (Å²) in [5, 5.41) is 4.72. The fourth-order valence-corrected chi connectivity index (χ4v) is 3.05. The molecule has 1 fully saturated rings. The highest BCUT2D eigenvalue weighted by Crippen LogP contribution is 2.15. The molecule has 0 aliphatic carbocycles. The molecule has 2 aromatic rings. The number of nitrogens with one attached hydrogen (secondary N) is 1. The minimum Gasteiger partial charge on any atom is -0.450 e. The summed E-state index contributed by atoms with van der Waals surface area (Å²) in [6.07, 6.45) is -0.353. The Labute approximate surface area is 157 Å². The van der Waals surface area contributed by atoms with Crippen molar-refractivity contribution >= 4 is 28.7 Å². The molecule has 1 saturated heterocycles. The number of carbonyl (C=O) groups is 3. The second kappa shape index (κ2) is 8.53. The lowest BCUT2D eigenvalue weighted by atomic mass is 10.1. The van der Waals surface area contributed by atoms with Crippen molar-refractivity contribution in [2.45, 2.75) is 6.92 Å². The summed E-state index contributed by atoms with van der Waals surface area (Å²) in [4.78, 5) is 39.6. The first-order valence-electron chi connectivity index (χ1n) is 9.05. The fourth-order valence-electron chi connectivity index (χ4n) is 3.05. The van der Waals surface area contributed by atoms with E-state index in [-0.39, 0.29) is 24.5 Å². The number of amides is 3. The molecule has 0 unspecified atom stereocenters. The molecule has 1 aliphatic rings. The van der Waals surface area contributed by atoms with Gasteiger partial charge in [-0.25, -0.2) is 4.79 Å². The van der Waals surface area contributed by atoms with Crippen LogP contribution in [-0.4, -0.2) is 67.0 Å². The van der Waals surface area contributed by atoms with E-state index >= 15 is 0 Å². The lowest BCUT2D eigenvalue weighted by molar-refractivity contribution is -0.131. The molecule has 2 aromatic carbocycles. The minimum atomic E-state index is -0.353. The third kappa shape index (κ3) is 4.55. The largest absolute Gasteiger partial charge is 0.450 e. The Hall–Kier alpha value is -3.09. The number of piperazine rings is 1. The van der Waals surface area contributed by atoms with Crippen LogP contribution >= 0.6 is 0 Å². The van der Waals surface area contributed by atoms with E-state index in [1.165, 1.54) is 0 Å². The molecule has 1 aliphatic heterocycles. The van der Waals surface area contributed by atoms with Gasteiger partial charge in [-0.2, -0.15) is 0 Å². The van der Waals surface area contributed by atoms with Gasteiger partial charge in [-0.05, 0) is 29.8 Å². The van der Waals surface area contributed by atoms with Gasteiger partial charge < -0.3 is 19.9 Å². The van der Waals surface area contributed by atoms with E-state index in [1.807, 2.05) is 36.4 Å². The molecule has 0 aromatic heterocycles. The minimum absolute atomic E-state index is 0.0644. The number of rotatable bonds is 4. The van der Waals surface area contributed by atoms with Gasteiger partial charge in [-0.15, -0.1) is 0 Å². The number of ether oxygens (including phenoxy) is 1. The maximum absolute atomic E-state index is 12.3. The summed E-state index contributed by atoms with van der Waals surface area (Å²) < 4.78 is 4.96. The molecular formula is C20H23N3O4. The predicted octanol–water partition coefficient (Wildman–Crippen LogP) is 1.87. The molecule has 142 valence electrons. The first-order chi connectivity index (χ1) is 13.1. The van der Waals surface area contributed by atoms with Crippen LogP contribution < -0.4 is 5.32 Å². The molecule has 0 atom stereocenters. The van der Waals surface area contributed by atoms with Crippen LogP contribution in [0.3, 0.4) is 0 Å². The van der Waals surface area contributed by atoms with Crippen molar-refractivity contribution in [2.75, 3.05) is 39.3 Å². The summed E-state index contributed by atoms with van der Waals surface area (Å²) in [5.41, 5.74) is 0.522. The van der Waals surface area contributed by atoms with Crippen molar-refractivity contribution in [1.29, 1.82) is 0 Å². The van der Waals surface area contributed by atoms with Gasteiger partial charge >= 0.3 is 6.09 Å². The Balaban J connectivity index is 1.50. The van der Waals surface area contributed by atoms with E-state index in [4.69, 9.17) is 4.74 Å². The highest BCUT2D eigenvalue weighted by Gasteiger charge is 2.24. The monoisotopic (exact) mass is 369 g/mol. The third-order valence-corrected chi connectivity index (χ3v) is 4.57. The van der Waals surface area contributed by atoms with Crippen LogP contribution in [0.5, 0.6) is 0 Å². The maximum Gasteiger partial charge on any atom is 0.409 e. The molecule has 0 spiro atoms. The van der Waals surface area contributed by atoms with Crippen molar-refractivity contribution in [2.24, 2.45) is 0 Å². The van der Waals surface area contributed by atoms with Crippen LogP contribution in [0.25, 0.3) is 10.8 Å². The number of nitrogens with zero attached hydrogens (tertiary/aromatic N) is 2. The van der Waals surface area contributed by atoms with E-state index < -0.39 is 0 Å². The van der Waals surface area contributed by atoms with Gasteiger partial charge in [-0.3, -0.25) is 9.59 Å². The van der Waals surface area contributed by atoms with Gasteiger partial charge in [0.2, 0.25) is 5.91 Å². The van der Waals surface area contributed by atoms with E-state index in [0.717, 1.165) is 10.8 Å². The zero-order chi connectivity index (χ0) is 19.2. The average molecular weight is 369 g/mol. The lowest BCUT2D eigenvalue weighted by Crippen LogP contribution is -2.52. The number of benzene rings is 2. The summed E-state index contributed by atoms with van der Waals surface area (Å²) in [6, 6.07) is 13.2. The third-order valence-electron chi connectivity index (χ3n) is 4.57. The molecule has 0 radical (unpaired) electrons. The van der Waals surface area contributed by atoms with Crippen molar-refractivity contribution in [3.8, 4) is 0 Å². The number of fused-ring (bicyclic) bond motifs is 1. The van der Waals surface area contributed by atoms with Gasteiger partial charge in [0, 0.05) is 31.7 Å². The molecule has 27 heavy (non-hydrogen) atoms. The summed E-state index contributed by atoms with van der Waals surface area (Å²) in [7, 11) is 0. The van der Waals surface area contributed by atoms with Gasteiger partial charge in [0.05, 0.1) is 13.2 Å². The Morgan fingerprint density at radius 1 is 0.963 bits per heavy atom. The van der Waals surface area contributed by atoms with Crippen molar-refractivity contribution in [3.63, 3.8) is 0 Å². The summed E-state index contributed by atoms with van der Waals surface area (Å²) in [5.74, 6) is -0.438. The Bertz CT molecular complexity index is 844. The SMILES string of the molecule is CCOC(=O)N1CCN(C(=O)CNC(=O)c2ccc3ccccc3c2)CC1.